The molecule has 0 aliphatic heterocycles. The summed E-state index contributed by atoms with van der Waals surface area (Å²) in [6.07, 6.45) is 0.187. The second kappa shape index (κ2) is 7.31. The highest BCUT2D eigenvalue weighted by molar-refractivity contribution is 7.14. The van der Waals surface area contributed by atoms with Gasteiger partial charge in [-0.15, -0.1) is 11.3 Å². The lowest BCUT2D eigenvalue weighted by Crippen LogP contribution is -2.12. The predicted octanol–water partition coefficient (Wildman–Crippen LogP) is 4.66. The molecule has 0 saturated carbocycles. The van der Waals surface area contributed by atoms with Crippen LogP contribution in [0.15, 0.2) is 53.9 Å². The zero-order valence-electron chi connectivity index (χ0n) is 12.6. The van der Waals surface area contributed by atoms with Crippen LogP contribution >= 0.6 is 11.3 Å². The number of nitrogens with zero attached hydrogens (tertiary/aromatic N) is 1. The lowest BCUT2D eigenvalue weighted by atomic mass is 10.1. The summed E-state index contributed by atoms with van der Waals surface area (Å²) < 4.78 is 26.6. The summed E-state index contributed by atoms with van der Waals surface area (Å²) in [5.41, 5.74) is 1.94. The molecule has 24 heavy (non-hydrogen) atoms. The molecule has 0 spiro atoms. The molecule has 0 saturated heterocycles. The molecule has 0 atom stereocenters. The Morgan fingerprint density at radius 1 is 1.12 bits per heavy atom. The number of amides is 1. The first-order valence-electron chi connectivity index (χ1n) is 7.36. The van der Waals surface area contributed by atoms with Gasteiger partial charge >= 0.3 is 0 Å². The van der Waals surface area contributed by atoms with Crippen molar-refractivity contribution in [3.63, 3.8) is 0 Å². The fraction of sp³-hybridized carbons (Fsp3) is 0.111. The van der Waals surface area contributed by atoms with Gasteiger partial charge in [0.05, 0.1) is 5.69 Å². The van der Waals surface area contributed by atoms with Gasteiger partial charge in [0.25, 0.3) is 0 Å². The summed E-state index contributed by atoms with van der Waals surface area (Å²) in [7, 11) is 0. The normalized spacial score (nSPS) is 10.6. The third-order valence-electron chi connectivity index (χ3n) is 3.45. The number of thiazole rings is 1. The van der Waals surface area contributed by atoms with Crippen molar-refractivity contribution in [1.29, 1.82) is 0 Å². The molecule has 0 radical (unpaired) electrons. The summed E-state index contributed by atoms with van der Waals surface area (Å²) in [6, 6.07) is 12.9. The minimum atomic E-state index is -0.515. The molecular formula is C18H14F2N2OS. The summed E-state index contributed by atoms with van der Waals surface area (Å²) in [5, 5.41) is 5.03. The fourth-order valence-corrected chi connectivity index (χ4v) is 2.97. The van der Waals surface area contributed by atoms with Gasteiger partial charge in [-0.25, -0.2) is 13.8 Å². The van der Waals surface area contributed by atoms with Gasteiger partial charge in [-0.05, 0) is 30.2 Å². The predicted molar refractivity (Wildman–Crippen MR) is 90.9 cm³/mol. The Balaban J connectivity index is 1.59. The van der Waals surface area contributed by atoms with Crippen molar-refractivity contribution in [1.82, 2.24) is 4.98 Å². The number of aromatic nitrogens is 1. The Labute approximate surface area is 142 Å². The number of carbonyl (C=O) groups excluding carboxylic acids is 1. The standard InChI is InChI=1S/C18H14F2N2OS/c19-14-7-8-15(20)13(10-14)6-9-17(23)22-18-21-16(11-24-18)12-4-2-1-3-5-12/h1-5,7-8,10-11H,6,9H2,(H,21,22,23). The molecule has 1 heterocycles. The third-order valence-corrected chi connectivity index (χ3v) is 4.21. The summed E-state index contributed by atoms with van der Waals surface area (Å²) in [4.78, 5) is 16.3. The molecular weight excluding hydrogens is 330 g/mol. The summed E-state index contributed by atoms with van der Waals surface area (Å²) in [5.74, 6) is -1.31. The summed E-state index contributed by atoms with van der Waals surface area (Å²) >= 11 is 1.32. The van der Waals surface area contributed by atoms with Crippen molar-refractivity contribution >= 4 is 22.4 Å². The van der Waals surface area contributed by atoms with Crippen LogP contribution in [0, 0.1) is 11.6 Å². The quantitative estimate of drug-likeness (QED) is 0.731. The van der Waals surface area contributed by atoms with Crippen LogP contribution in [0.25, 0.3) is 11.3 Å². The molecule has 0 fully saturated rings. The molecule has 0 unspecified atom stereocenters. The molecule has 1 N–H and O–H groups in total. The first-order chi connectivity index (χ1) is 11.6. The first kappa shape index (κ1) is 16.3. The van der Waals surface area contributed by atoms with E-state index in [1.54, 1.807) is 0 Å². The molecule has 3 rings (SSSR count). The highest BCUT2D eigenvalue weighted by Crippen LogP contribution is 2.24. The maximum Gasteiger partial charge on any atom is 0.226 e. The fourth-order valence-electron chi connectivity index (χ4n) is 2.24. The van der Waals surface area contributed by atoms with E-state index in [-0.39, 0.29) is 24.3 Å². The molecule has 0 aliphatic carbocycles. The molecule has 1 aromatic heterocycles. The van der Waals surface area contributed by atoms with Crippen LogP contribution in [0.2, 0.25) is 0 Å². The number of benzene rings is 2. The minimum absolute atomic E-state index is 0.0562. The number of halogens is 2. The van der Waals surface area contributed by atoms with Gasteiger partial charge in [0.15, 0.2) is 5.13 Å². The smallest absolute Gasteiger partial charge is 0.226 e. The molecule has 6 heteroatoms. The van der Waals surface area contributed by atoms with Gasteiger partial charge in [-0.3, -0.25) is 4.79 Å². The van der Waals surface area contributed by atoms with E-state index in [4.69, 9.17) is 0 Å². The highest BCUT2D eigenvalue weighted by Gasteiger charge is 2.10. The average molecular weight is 344 g/mol. The van der Waals surface area contributed by atoms with Crippen molar-refractivity contribution < 1.29 is 13.6 Å². The van der Waals surface area contributed by atoms with Gasteiger partial charge in [0.2, 0.25) is 5.91 Å². The maximum absolute atomic E-state index is 13.5. The van der Waals surface area contributed by atoms with E-state index in [0.717, 1.165) is 29.5 Å². The average Bonchev–Trinajstić information content (AvgIpc) is 3.05. The molecule has 1 amide bonds. The second-order valence-corrected chi connectivity index (χ2v) is 6.05. The van der Waals surface area contributed by atoms with Crippen molar-refractivity contribution in [3.05, 3.63) is 71.1 Å². The van der Waals surface area contributed by atoms with E-state index in [2.05, 4.69) is 10.3 Å². The molecule has 122 valence electrons. The van der Waals surface area contributed by atoms with E-state index < -0.39 is 11.6 Å². The van der Waals surface area contributed by atoms with E-state index in [0.29, 0.717) is 5.13 Å². The Bertz CT molecular complexity index is 849. The van der Waals surface area contributed by atoms with Crippen LogP contribution in [0.1, 0.15) is 12.0 Å². The van der Waals surface area contributed by atoms with Gasteiger partial charge in [-0.2, -0.15) is 0 Å². The molecule has 0 bridgehead atoms. The molecule has 3 aromatic rings. The van der Waals surface area contributed by atoms with Crippen LogP contribution < -0.4 is 5.32 Å². The number of hydrogen-bond donors (Lipinski definition) is 1. The largest absolute Gasteiger partial charge is 0.302 e. The van der Waals surface area contributed by atoms with Gasteiger partial charge < -0.3 is 5.32 Å². The van der Waals surface area contributed by atoms with Crippen LogP contribution in [0.5, 0.6) is 0 Å². The van der Waals surface area contributed by atoms with E-state index in [9.17, 15) is 13.6 Å². The molecule has 2 aromatic carbocycles. The third kappa shape index (κ3) is 4.02. The summed E-state index contributed by atoms with van der Waals surface area (Å²) in [6.45, 7) is 0. The van der Waals surface area contributed by atoms with Crippen molar-refractivity contribution in [2.75, 3.05) is 5.32 Å². The number of rotatable bonds is 5. The minimum Gasteiger partial charge on any atom is -0.302 e. The first-order valence-corrected chi connectivity index (χ1v) is 8.24. The number of carbonyl (C=O) groups is 1. The Morgan fingerprint density at radius 2 is 1.92 bits per heavy atom. The van der Waals surface area contributed by atoms with Crippen LogP contribution in [-0.4, -0.2) is 10.9 Å². The van der Waals surface area contributed by atoms with Gasteiger partial charge in [0.1, 0.15) is 11.6 Å². The van der Waals surface area contributed by atoms with Crippen molar-refractivity contribution in [2.45, 2.75) is 12.8 Å². The van der Waals surface area contributed by atoms with Crippen molar-refractivity contribution in [2.24, 2.45) is 0 Å². The van der Waals surface area contributed by atoms with Crippen LogP contribution in [0.4, 0.5) is 13.9 Å². The van der Waals surface area contributed by atoms with E-state index in [1.807, 2.05) is 35.7 Å². The van der Waals surface area contributed by atoms with Gasteiger partial charge in [0, 0.05) is 17.4 Å². The topological polar surface area (TPSA) is 42.0 Å². The SMILES string of the molecule is O=C(CCc1cc(F)ccc1F)Nc1nc(-c2ccccc2)cs1. The second-order valence-electron chi connectivity index (χ2n) is 5.19. The maximum atomic E-state index is 13.5. The van der Waals surface area contributed by atoms with Crippen LogP contribution in [-0.2, 0) is 11.2 Å². The Morgan fingerprint density at radius 3 is 2.71 bits per heavy atom. The Kier molecular flexibility index (Phi) is 4.96. The zero-order chi connectivity index (χ0) is 16.9. The van der Waals surface area contributed by atoms with E-state index >= 15 is 0 Å². The van der Waals surface area contributed by atoms with E-state index in [1.165, 1.54) is 11.3 Å². The van der Waals surface area contributed by atoms with Gasteiger partial charge in [-0.1, -0.05) is 30.3 Å². The monoisotopic (exact) mass is 344 g/mol. The van der Waals surface area contributed by atoms with Crippen LogP contribution in [0.3, 0.4) is 0 Å². The highest BCUT2D eigenvalue weighted by atomic mass is 32.1. The molecule has 3 nitrogen and oxygen atoms in total. The zero-order valence-corrected chi connectivity index (χ0v) is 13.4. The lowest BCUT2D eigenvalue weighted by Gasteiger charge is -2.04. The molecule has 0 aliphatic rings. The number of anilines is 1. The Hall–Kier alpha value is -2.60. The number of nitrogens with one attached hydrogen (secondary N) is 1. The number of aryl methyl sites for hydroxylation is 1. The number of hydrogen-bond acceptors (Lipinski definition) is 3. The van der Waals surface area contributed by atoms with Crippen molar-refractivity contribution in [3.8, 4) is 11.3 Å². The lowest BCUT2D eigenvalue weighted by molar-refractivity contribution is -0.116.